The van der Waals surface area contributed by atoms with E-state index in [0.29, 0.717) is 16.0 Å². The topological polar surface area (TPSA) is 81.8 Å². The Labute approximate surface area is 169 Å². The van der Waals surface area contributed by atoms with Gasteiger partial charge in [-0.25, -0.2) is 9.66 Å². The molecule has 0 spiro atoms. The van der Waals surface area contributed by atoms with Gasteiger partial charge in [0.25, 0.3) is 5.56 Å². The van der Waals surface area contributed by atoms with Crippen molar-refractivity contribution >= 4 is 43.4 Å². The molecule has 1 N–H and O–H groups in total. The fourth-order valence-electron chi connectivity index (χ4n) is 2.65. The van der Waals surface area contributed by atoms with Crippen LogP contribution in [0.5, 0.6) is 0 Å². The van der Waals surface area contributed by atoms with Crippen LogP contribution in [0.1, 0.15) is 28.5 Å². The molecule has 0 radical (unpaired) electrons. The third-order valence-corrected chi connectivity index (χ3v) is 5.94. The minimum absolute atomic E-state index is 0.0760. The van der Waals surface area contributed by atoms with Crippen molar-refractivity contribution in [3.05, 3.63) is 43.0 Å². The van der Waals surface area contributed by atoms with E-state index in [-0.39, 0.29) is 23.1 Å². The molecule has 3 aromatic rings. The molecule has 150 valence electrons. The molecule has 0 fully saturated rings. The SMILES string of the molecule is Cc1cc2c(=O)n(NC(=O)CCn3nc(C(F)(F)F)c(Br)c3C)c(C)nc2s1. The van der Waals surface area contributed by atoms with Crippen LogP contribution in [0.2, 0.25) is 0 Å². The molecular formula is C16H15BrF3N5O2S. The summed E-state index contributed by atoms with van der Waals surface area (Å²) in [6.07, 6.45) is -4.76. The van der Waals surface area contributed by atoms with Crippen LogP contribution in [0, 0.1) is 20.8 Å². The van der Waals surface area contributed by atoms with Crippen molar-refractivity contribution in [3.8, 4) is 0 Å². The Balaban J connectivity index is 1.77. The predicted molar refractivity (Wildman–Crippen MR) is 102 cm³/mol. The van der Waals surface area contributed by atoms with E-state index in [9.17, 15) is 22.8 Å². The van der Waals surface area contributed by atoms with Crippen molar-refractivity contribution in [2.24, 2.45) is 0 Å². The van der Waals surface area contributed by atoms with Gasteiger partial charge in [0.05, 0.1) is 22.1 Å². The van der Waals surface area contributed by atoms with Crippen LogP contribution in [0.15, 0.2) is 15.3 Å². The fraction of sp³-hybridized carbons (Fsp3) is 0.375. The highest BCUT2D eigenvalue weighted by Gasteiger charge is 2.37. The Bertz CT molecular complexity index is 1130. The number of alkyl halides is 3. The molecule has 0 aliphatic heterocycles. The minimum atomic E-state index is -4.60. The van der Waals surface area contributed by atoms with E-state index < -0.39 is 23.3 Å². The van der Waals surface area contributed by atoms with Gasteiger partial charge < -0.3 is 0 Å². The largest absolute Gasteiger partial charge is 0.436 e. The van der Waals surface area contributed by atoms with Gasteiger partial charge in [-0.15, -0.1) is 11.3 Å². The third-order valence-electron chi connectivity index (χ3n) is 4.05. The highest BCUT2D eigenvalue weighted by molar-refractivity contribution is 9.10. The Kier molecular flexibility index (Phi) is 5.36. The van der Waals surface area contributed by atoms with Gasteiger partial charge in [-0.3, -0.25) is 19.7 Å². The van der Waals surface area contributed by atoms with Gasteiger partial charge in [0.2, 0.25) is 5.91 Å². The standard InChI is InChI=1S/C16H15BrF3N5O2S/c1-7-6-10-14(28-7)21-9(3)25(15(10)27)22-11(26)4-5-24-8(2)12(17)13(23-24)16(18,19)20/h6H,4-5H2,1-3H3,(H,22,26). The van der Waals surface area contributed by atoms with Gasteiger partial charge in [-0.1, -0.05) is 0 Å². The Morgan fingerprint density at radius 1 is 1.32 bits per heavy atom. The lowest BCUT2D eigenvalue weighted by Gasteiger charge is -2.11. The number of halogens is 4. The van der Waals surface area contributed by atoms with Crippen molar-refractivity contribution in [1.82, 2.24) is 19.4 Å². The van der Waals surface area contributed by atoms with E-state index in [1.807, 2.05) is 6.92 Å². The Morgan fingerprint density at radius 2 is 2.00 bits per heavy atom. The highest BCUT2D eigenvalue weighted by atomic mass is 79.9. The monoisotopic (exact) mass is 477 g/mol. The molecule has 0 saturated carbocycles. The van der Waals surface area contributed by atoms with Gasteiger partial charge in [0.15, 0.2) is 5.69 Å². The number of aryl methyl sites for hydroxylation is 3. The number of hydrogen-bond donors (Lipinski definition) is 1. The molecule has 1 amide bonds. The first-order chi connectivity index (χ1) is 13.0. The lowest BCUT2D eigenvalue weighted by Crippen LogP contribution is -2.35. The van der Waals surface area contributed by atoms with Crippen LogP contribution in [-0.2, 0) is 17.5 Å². The molecule has 3 aromatic heterocycles. The molecule has 0 aromatic carbocycles. The van der Waals surface area contributed by atoms with Gasteiger partial charge in [0.1, 0.15) is 10.7 Å². The lowest BCUT2D eigenvalue weighted by molar-refractivity contribution is -0.142. The molecule has 0 atom stereocenters. The molecule has 28 heavy (non-hydrogen) atoms. The molecule has 3 rings (SSSR count). The number of nitrogens with one attached hydrogen (secondary N) is 1. The molecule has 0 unspecified atom stereocenters. The molecule has 0 aliphatic rings. The van der Waals surface area contributed by atoms with Crippen molar-refractivity contribution in [2.75, 3.05) is 5.43 Å². The number of carbonyl (C=O) groups is 1. The highest BCUT2D eigenvalue weighted by Crippen LogP contribution is 2.35. The number of amides is 1. The van der Waals surface area contributed by atoms with E-state index in [4.69, 9.17) is 0 Å². The number of aromatic nitrogens is 4. The van der Waals surface area contributed by atoms with Crippen LogP contribution in [-0.4, -0.2) is 25.3 Å². The molecule has 12 heteroatoms. The Morgan fingerprint density at radius 3 is 2.61 bits per heavy atom. The second-order valence-corrected chi connectivity index (χ2v) is 8.16. The summed E-state index contributed by atoms with van der Waals surface area (Å²) < 4.78 is 40.7. The summed E-state index contributed by atoms with van der Waals surface area (Å²) in [7, 11) is 0. The van der Waals surface area contributed by atoms with Crippen LogP contribution in [0.3, 0.4) is 0 Å². The van der Waals surface area contributed by atoms with Crippen LogP contribution in [0.4, 0.5) is 13.2 Å². The summed E-state index contributed by atoms with van der Waals surface area (Å²) in [5, 5.41) is 3.92. The molecule has 0 saturated heterocycles. The molecule has 7 nitrogen and oxygen atoms in total. The number of hydrogen-bond acceptors (Lipinski definition) is 5. The summed E-state index contributed by atoms with van der Waals surface area (Å²) in [4.78, 5) is 30.6. The second-order valence-electron chi connectivity index (χ2n) is 6.13. The van der Waals surface area contributed by atoms with Crippen LogP contribution < -0.4 is 11.0 Å². The normalized spacial score (nSPS) is 12.0. The second kappa shape index (κ2) is 7.32. The van der Waals surface area contributed by atoms with Crippen LogP contribution in [0.25, 0.3) is 10.2 Å². The zero-order chi connectivity index (χ0) is 20.8. The van der Waals surface area contributed by atoms with Crippen molar-refractivity contribution in [3.63, 3.8) is 0 Å². The zero-order valence-electron chi connectivity index (χ0n) is 15.0. The van der Waals surface area contributed by atoms with Crippen molar-refractivity contribution < 1.29 is 18.0 Å². The average molecular weight is 478 g/mol. The number of fused-ring (bicyclic) bond motifs is 1. The maximum absolute atomic E-state index is 12.9. The molecule has 0 bridgehead atoms. The summed E-state index contributed by atoms with van der Waals surface area (Å²) in [6, 6.07) is 1.70. The summed E-state index contributed by atoms with van der Waals surface area (Å²) in [5.74, 6) is -0.233. The first-order valence-corrected chi connectivity index (χ1v) is 9.69. The van der Waals surface area contributed by atoms with E-state index >= 15 is 0 Å². The number of carbonyl (C=O) groups excluding carboxylic acids is 1. The molecule has 0 aliphatic carbocycles. The number of thiophene rings is 1. The van der Waals surface area contributed by atoms with Crippen LogP contribution >= 0.6 is 27.3 Å². The van der Waals surface area contributed by atoms with Gasteiger partial charge in [0, 0.05) is 11.3 Å². The summed E-state index contributed by atoms with van der Waals surface area (Å²) >= 11 is 4.26. The number of rotatable bonds is 4. The summed E-state index contributed by atoms with van der Waals surface area (Å²) in [6.45, 7) is 4.83. The first kappa shape index (κ1) is 20.5. The van der Waals surface area contributed by atoms with E-state index in [0.717, 1.165) is 14.2 Å². The zero-order valence-corrected chi connectivity index (χ0v) is 17.4. The third kappa shape index (κ3) is 3.83. The van der Waals surface area contributed by atoms with E-state index in [2.05, 4.69) is 31.4 Å². The smallest absolute Gasteiger partial charge is 0.273 e. The van der Waals surface area contributed by atoms with Crippen molar-refractivity contribution in [2.45, 2.75) is 39.9 Å². The lowest BCUT2D eigenvalue weighted by atomic mass is 10.3. The maximum Gasteiger partial charge on any atom is 0.436 e. The van der Waals surface area contributed by atoms with Crippen molar-refractivity contribution in [1.29, 1.82) is 0 Å². The van der Waals surface area contributed by atoms with Gasteiger partial charge in [-0.2, -0.15) is 18.3 Å². The fourth-order valence-corrected chi connectivity index (χ4v) is 4.07. The minimum Gasteiger partial charge on any atom is -0.273 e. The molecular weight excluding hydrogens is 463 g/mol. The van der Waals surface area contributed by atoms with Gasteiger partial charge in [-0.05, 0) is 42.8 Å². The quantitative estimate of drug-likeness (QED) is 0.623. The summed E-state index contributed by atoms with van der Waals surface area (Å²) in [5.41, 5.74) is 1.26. The first-order valence-electron chi connectivity index (χ1n) is 8.08. The number of nitrogens with zero attached hydrogens (tertiary/aromatic N) is 4. The van der Waals surface area contributed by atoms with E-state index in [1.165, 1.54) is 18.3 Å². The Hall–Kier alpha value is -2.21. The van der Waals surface area contributed by atoms with E-state index in [1.54, 1.807) is 13.0 Å². The maximum atomic E-state index is 12.9. The molecule has 3 heterocycles. The predicted octanol–water partition coefficient (Wildman–Crippen LogP) is 3.52. The van der Waals surface area contributed by atoms with Gasteiger partial charge >= 0.3 is 6.18 Å². The average Bonchev–Trinajstić information content (AvgIpc) is 3.10.